The molecule has 88 valence electrons. The van der Waals surface area contributed by atoms with Gasteiger partial charge in [-0.2, -0.15) is 0 Å². The normalized spacial score (nSPS) is 12.6. The predicted octanol–water partition coefficient (Wildman–Crippen LogP) is 1.54. The number of hydrogen-bond acceptors (Lipinski definition) is 2. The Kier molecular flexibility index (Phi) is 4.43. The zero-order valence-electron chi connectivity index (χ0n) is 9.53. The molecule has 1 rings (SSSR count). The maximum atomic E-state index is 13.3. The third-order valence-corrected chi connectivity index (χ3v) is 2.49. The minimum absolute atomic E-state index is 0.0570. The first kappa shape index (κ1) is 12.6. The topological polar surface area (TPSA) is 55.1 Å². The van der Waals surface area contributed by atoms with Crippen LogP contribution in [-0.4, -0.2) is 18.5 Å². The van der Waals surface area contributed by atoms with E-state index in [4.69, 9.17) is 5.73 Å². The minimum atomic E-state index is -0.514. The molecule has 0 spiro atoms. The van der Waals surface area contributed by atoms with Gasteiger partial charge in [-0.1, -0.05) is 26.0 Å². The number of carbonyl (C=O) groups is 1. The van der Waals surface area contributed by atoms with Gasteiger partial charge in [0.15, 0.2) is 0 Å². The number of nitrogens with one attached hydrogen (secondary N) is 1. The van der Waals surface area contributed by atoms with Gasteiger partial charge < -0.3 is 11.1 Å². The lowest BCUT2D eigenvalue weighted by Gasteiger charge is -2.20. The van der Waals surface area contributed by atoms with E-state index in [1.165, 1.54) is 12.1 Å². The van der Waals surface area contributed by atoms with E-state index < -0.39 is 11.7 Å². The summed E-state index contributed by atoms with van der Waals surface area (Å²) in [6.45, 7) is 4.26. The van der Waals surface area contributed by atoms with Gasteiger partial charge in [-0.3, -0.25) is 4.79 Å². The van der Waals surface area contributed by atoms with Gasteiger partial charge in [-0.15, -0.1) is 0 Å². The van der Waals surface area contributed by atoms with Crippen LogP contribution < -0.4 is 11.1 Å². The molecule has 3 nitrogen and oxygen atoms in total. The monoisotopic (exact) mass is 224 g/mol. The van der Waals surface area contributed by atoms with E-state index in [1.807, 2.05) is 13.8 Å². The van der Waals surface area contributed by atoms with E-state index >= 15 is 0 Å². The van der Waals surface area contributed by atoms with Crippen molar-refractivity contribution < 1.29 is 9.18 Å². The van der Waals surface area contributed by atoms with Crippen LogP contribution >= 0.6 is 0 Å². The first-order valence-corrected chi connectivity index (χ1v) is 5.31. The van der Waals surface area contributed by atoms with E-state index in [2.05, 4.69) is 5.32 Å². The average molecular weight is 224 g/mol. The number of carbonyl (C=O) groups excluding carboxylic acids is 1. The summed E-state index contributed by atoms with van der Waals surface area (Å²) in [5, 5.41) is 2.72. The molecule has 0 aliphatic heterocycles. The fourth-order valence-corrected chi connectivity index (χ4v) is 1.39. The number of halogens is 1. The first-order chi connectivity index (χ1) is 7.56. The second-order valence-corrected chi connectivity index (χ2v) is 4.04. The molecule has 1 atom stereocenters. The van der Waals surface area contributed by atoms with Crippen molar-refractivity contribution in [3.63, 3.8) is 0 Å². The standard InChI is InChI=1S/C12H17FN2O/c1-8(2)11(7-14)15-12(16)9-5-3-4-6-10(9)13/h3-6,8,11H,7,14H2,1-2H3,(H,15,16). The Labute approximate surface area is 94.8 Å². The van der Waals surface area contributed by atoms with Crippen LogP contribution in [0.3, 0.4) is 0 Å². The minimum Gasteiger partial charge on any atom is -0.348 e. The van der Waals surface area contributed by atoms with Gasteiger partial charge in [0.1, 0.15) is 5.82 Å². The van der Waals surface area contributed by atoms with Crippen LogP contribution in [0.2, 0.25) is 0 Å². The Morgan fingerprint density at radius 3 is 2.56 bits per heavy atom. The highest BCUT2D eigenvalue weighted by atomic mass is 19.1. The van der Waals surface area contributed by atoms with Crippen molar-refractivity contribution in [2.45, 2.75) is 19.9 Å². The van der Waals surface area contributed by atoms with E-state index in [1.54, 1.807) is 12.1 Å². The number of rotatable bonds is 4. The summed E-state index contributed by atoms with van der Waals surface area (Å²) in [5.74, 6) is -0.706. The van der Waals surface area contributed by atoms with Crippen LogP contribution in [0, 0.1) is 11.7 Å². The molecule has 1 aromatic rings. The Morgan fingerprint density at radius 2 is 2.06 bits per heavy atom. The molecule has 0 bridgehead atoms. The van der Waals surface area contributed by atoms with Crippen molar-refractivity contribution in [1.29, 1.82) is 0 Å². The summed E-state index contributed by atoms with van der Waals surface area (Å²) in [4.78, 5) is 11.7. The Hall–Kier alpha value is -1.42. The maximum absolute atomic E-state index is 13.3. The lowest BCUT2D eigenvalue weighted by molar-refractivity contribution is 0.0923. The number of benzene rings is 1. The smallest absolute Gasteiger partial charge is 0.254 e. The SMILES string of the molecule is CC(C)C(CN)NC(=O)c1ccccc1F. The molecule has 0 radical (unpaired) electrons. The molecule has 0 aliphatic carbocycles. The lowest BCUT2D eigenvalue weighted by atomic mass is 10.0. The van der Waals surface area contributed by atoms with Crippen molar-refractivity contribution in [1.82, 2.24) is 5.32 Å². The van der Waals surface area contributed by atoms with Gasteiger partial charge in [0.05, 0.1) is 5.56 Å². The van der Waals surface area contributed by atoms with Crippen molar-refractivity contribution in [3.05, 3.63) is 35.6 Å². The van der Waals surface area contributed by atoms with Crippen molar-refractivity contribution >= 4 is 5.91 Å². The van der Waals surface area contributed by atoms with Crippen LogP contribution in [0.25, 0.3) is 0 Å². The summed E-state index contributed by atoms with van der Waals surface area (Å²) in [6, 6.07) is 5.77. The molecule has 3 N–H and O–H groups in total. The van der Waals surface area contributed by atoms with Crippen LogP contribution in [0.5, 0.6) is 0 Å². The molecule has 4 heteroatoms. The average Bonchev–Trinajstić information content (AvgIpc) is 2.25. The summed E-state index contributed by atoms with van der Waals surface area (Å²) in [7, 11) is 0. The number of amides is 1. The molecule has 0 saturated heterocycles. The number of hydrogen-bond donors (Lipinski definition) is 2. The van der Waals surface area contributed by atoms with Crippen LogP contribution in [0.15, 0.2) is 24.3 Å². The highest BCUT2D eigenvalue weighted by Crippen LogP contribution is 2.07. The van der Waals surface area contributed by atoms with E-state index in [9.17, 15) is 9.18 Å². The Morgan fingerprint density at radius 1 is 1.44 bits per heavy atom. The van der Waals surface area contributed by atoms with Gasteiger partial charge in [-0.05, 0) is 18.1 Å². The van der Waals surface area contributed by atoms with Gasteiger partial charge in [0.2, 0.25) is 0 Å². The number of nitrogens with two attached hydrogens (primary N) is 1. The molecule has 16 heavy (non-hydrogen) atoms. The fourth-order valence-electron chi connectivity index (χ4n) is 1.39. The second-order valence-electron chi connectivity index (χ2n) is 4.04. The molecule has 1 aromatic carbocycles. The molecular formula is C12H17FN2O. The molecule has 0 aliphatic rings. The lowest BCUT2D eigenvalue weighted by Crippen LogP contribution is -2.43. The molecule has 0 fully saturated rings. The van der Waals surface area contributed by atoms with Crippen LogP contribution in [-0.2, 0) is 0 Å². The summed E-state index contributed by atoms with van der Waals surface area (Å²) >= 11 is 0. The molecule has 0 aromatic heterocycles. The Bertz CT molecular complexity index is 366. The fraction of sp³-hybridized carbons (Fsp3) is 0.417. The Balaban J connectivity index is 2.76. The maximum Gasteiger partial charge on any atom is 0.254 e. The van der Waals surface area contributed by atoms with Crippen LogP contribution in [0.1, 0.15) is 24.2 Å². The van der Waals surface area contributed by atoms with E-state index in [-0.39, 0.29) is 17.5 Å². The summed E-state index contributed by atoms with van der Waals surface area (Å²) < 4.78 is 13.3. The predicted molar refractivity (Wildman–Crippen MR) is 61.5 cm³/mol. The van der Waals surface area contributed by atoms with Gasteiger partial charge in [0, 0.05) is 12.6 Å². The van der Waals surface area contributed by atoms with E-state index in [0.29, 0.717) is 6.54 Å². The second kappa shape index (κ2) is 5.61. The van der Waals surface area contributed by atoms with Gasteiger partial charge in [-0.25, -0.2) is 4.39 Å². The van der Waals surface area contributed by atoms with Crippen molar-refractivity contribution in [2.75, 3.05) is 6.54 Å². The summed E-state index contributed by atoms with van der Waals surface area (Å²) in [6.07, 6.45) is 0. The highest BCUT2D eigenvalue weighted by molar-refractivity contribution is 5.94. The first-order valence-electron chi connectivity index (χ1n) is 5.31. The highest BCUT2D eigenvalue weighted by Gasteiger charge is 2.17. The van der Waals surface area contributed by atoms with Gasteiger partial charge >= 0.3 is 0 Å². The van der Waals surface area contributed by atoms with Crippen molar-refractivity contribution in [3.8, 4) is 0 Å². The largest absolute Gasteiger partial charge is 0.348 e. The zero-order chi connectivity index (χ0) is 12.1. The summed E-state index contributed by atoms with van der Waals surface area (Å²) in [5.41, 5.74) is 5.59. The zero-order valence-corrected chi connectivity index (χ0v) is 9.53. The molecular weight excluding hydrogens is 207 g/mol. The molecule has 1 amide bonds. The molecule has 0 heterocycles. The van der Waals surface area contributed by atoms with E-state index in [0.717, 1.165) is 0 Å². The van der Waals surface area contributed by atoms with Gasteiger partial charge in [0.25, 0.3) is 5.91 Å². The quantitative estimate of drug-likeness (QED) is 0.815. The molecule has 0 saturated carbocycles. The van der Waals surface area contributed by atoms with Crippen molar-refractivity contribution in [2.24, 2.45) is 11.7 Å². The van der Waals surface area contributed by atoms with Crippen LogP contribution in [0.4, 0.5) is 4.39 Å². The third-order valence-electron chi connectivity index (χ3n) is 2.49. The molecule has 1 unspecified atom stereocenters. The third kappa shape index (κ3) is 3.03.